The minimum absolute atomic E-state index is 0.0457. The summed E-state index contributed by atoms with van der Waals surface area (Å²) in [6, 6.07) is 13.6. The van der Waals surface area contributed by atoms with Crippen LogP contribution in [-0.2, 0) is 30.4 Å². The lowest BCUT2D eigenvalue weighted by atomic mass is 9.89. The van der Waals surface area contributed by atoms with E-state index < -0.39 is 29.6 Å². The van der Waals surface area contributed by atoms with Gasteiger partial charge in [0.2, 0.25) is 11.8 Å². The van der Waals surface area contributed by atoms with Crippen molar-refractivity contribution < 1.29 is 37.7 Å². The van der Waals surface area contributed by atoms with E-state index in [9.17, 15) is 14.4 Å². The number of hydrogen-bond acceptors (Lipinski definition) is 7. The molecular weight excluding hydrogens is 493 g/mol. The molecule has 1 unspecified atom stereocenters. The van der Waals surface area contributed by atoms with E-state index in [4.69, 9.17) is 18.9 Å². The fraction of sp³-hybridized carbons (Fsp3) is 0.276. The Morgan fingerprint density at radius 1 is 1.00 bits per heavy atom. The van der Waals surface area contributed by atoms with Gasteiger partial charge in [-0.2, -0.15) is 0 Å². The first kappa shape index (κ1) is 26.7. The largest absolute Gasteiger partial charge is 0.497 e. The molecule has 0 aliphatic carbocycles. The molecule has 8 nitrogen and oxygen atoms in total. The Kier molecular flexibility index (Phi) is 8.25. The number of rotatable bonds is 8. The van der Waals surface area contributed by atoms with Gasteiger partial charge >= 0.3 is 11.9 Å². The third kappa shape index (κ3) is 5.61. The van der Waals surface area contributed by atoms with E-state index in [1.54, 1.807) is 19.9 Å². The number of esters is 2. The van der Waals surface area contributed by atoms with Crippen molar-refractivity contribution in [1.82, 2.24) is 4.57 Å². The summed E-state index contributed by atoms with van der Waals surface area (Å²) in [7, 11) is 0. The summed E-state index contributed by atoms with van der Waals surface area (Å²) < 4.78 is 38.7. The van der Waals surface area contributed by atoms with Gasteiger partial charge in [0.15, 0.2) is 0 Å². The molecule has 1 aromatic heterocycles. The lowest BCUT2D eigenvalue weighted by Gasteiger charge is -2.28. The van der Waals surface area contributed by atoms with E-state index in [0.29, 0.717) is 11.1 Å². The summed E-state index contributed by atoms with van der Waals surface area (Å²) in [5, 5.41) is 0.169. The predicted molar refractivity (Wildman–Crippen MR) is 137 cm³/mol. The minimum atomic E-state index is -0.753. The molecule has 9 heteroatoms. The fourth-order valence-electron chi connectivity index (χ4n) is 4.45. The van der Waals surface area contributed by atoms with Crippen LogP contribution in [0.25, 0.3) is 10.9 Å². The van der Waals surface area contributed by atoms with Gasteiger partial charge in [-0.15, -0.1) is 0 Å². The monoisotopic (exact) mass is 521 g/mol. The van der Waals surface area contributed by atoms with Crippen LogP contribution in [0.15, 0.2) is 72.2 Å². The number of carbonyl (C=O) groups is 3. The summed E-state index contributed by atoms with van der Waals surface area (Å²) in [5.74, 6) is -2.61. The Bertz CT molecular complexity index is 1420. The Hall–Kier alpha value is -4.40. The van der Waals surface area contributed by atoms with Crippen molar-refractivity contribution in [3.05, 3.63) is 89.1 Å². The van der Waals surface area contributed by atoms with Crippen molar-refractivity contribution in [2.24, 2.45) is 0 Å². The maximum atomic E-state index is 15.2. The number of aromatic nitrogens is 1. The van der Waals surface area contributed by atoms with Crippen molar-refractivity contribution in [3.63, 3.8) is 0 Å². The topological polar surface area (TPSA) is 93.1 Å². The van der Waals surface area contributed by atoms with Gasteiger partial charge in [-0.25, -0.2) is 18.5 Å². The molecule has 0 bridgehead atoms. The Labute approximate surface area is 219 Å². The second-order valence-electron chi connectivity index (χ2n) is 8.50. The molecule has 1 aliphatic heterocycles. The van der Waals surface area contributed by atoms with Crippen LogP contribution in [0.3, 0.4) is 0 Å². The van der Waals surface area contributed by atoms with Crippen LogP contribution >= 0.6 is 0 Å². The zero-order valence-corrected chi connectivity index (χ0v) is 21.4. The average Bonchev–Trinajstić information content (AvgIpc) is 3.23. The van der Waals surface area contributed by atoms with Crippen LogP contribution < -0.4 is 4.74 Å². The van der Waals surface area contributed by atoms with Gasteiger partial charge in [0.25, 0.3) is 0 Å². The number of ether oxygens (including phenoxy) is 4. The van der Waals surface area contributed by atoms with Crippen molar-refractivity contribution in [2.75, 3.05) is 13.2 Å². The van der Waals surface area contributed by atoms with E-state index in [-0.39, 0.29) is 49.0 Å². The van der Waals surface area contributed by atoms with E-state index in [1.807, 2.05) is 30.3 Å². The first-order valence-electron chi connectivity index (χ1n) is 12.3. The highest BCUT2D eigenvalue weighted by molar-refractivity contribution is 5.98. The van der Waals surface area contributed by atoms with Gasteiger partial charge in [-0.05, 0) is 31.5 Å². The van der Waals surface area contributed by atoms with Crippen LogP contribution in [0.4, 0.5) is 4.39 Å². The normalized spacial score (nSPS) is 16.1. The summed E-state index contributed by atoms with van der Waals surface area (Å²) in [4.78, 5) is 37.7. The lowest BCUT2D eigenvalue weighted by molar-refractivity contribution is -0.139. The first-order valence-corrected chi connectivity index (χ1v) is 12.3. The average molecular weight is 522 g/mol. The first-order chi connectivity index (χ1) is 18.3. The van der Waals surface area contributed by atoms with Crippen molar-refractivity contribution in [3.8, 4) is 5.88 Å². The zero-order valence-electron chi connectivity index (χ0n) is 21.4. The Balaban J connectivity index is 1.81. The highest BCUT2D eigenvalue weighted by Crippen LogP contribution is 2.48. The standard InChI is InChI=1S/C29H28FNO7/c1-4-35-24(16-26(34)36-5-2)21-14-20(15-25(33)37-17-19-10-7-6-8-11-19)38-29-27(21)28-22(30)12-9-13-23(28)31(29)18(3)32/h6-13,15-16,21H,4-5,14,17H2,1-3H3/b20-15-,24-16+. The van der Waals surface area contributed by atoms with Crippen LogP contribution in [0.5, 0.6) is 5.88 Å². The van der Waals surface area contributed by atoms with Crippen LogP contribution in [0.1, 0.15) is 49.0 Å². The molecule has 198 valence electrons. The Morgan fingerprint density at radius 3 is 2.42 bits per heavy atom. The zero-order chi connectivity index (χ0) is 27.2. The number of fused-ring (bicyclic) bond motifs is 3. The minimum Gasteiger partial charge on any atom is -0.497 e. The quantitative estimate of drug-likeness (QED) is 0.222. The third-order valence-corrected chi connectivity index (χ3v) is 5.94. The lowest BCUT2D eigenvalue weighted by Crippen LogP contribution is -2.20. The summed E-state index contributed by atoms with van der Waals surface area (Å²) in [5.41, 5.74) is 1.45. The van der Waals surface area contributed by atoms with E-state index in [2.05, 4.69) is 0 Å². The second-order valence-corrected chi connectivity index (χ2v) is 8.50. The van der Waals surface area contributed by atoms with Crippen molar-refractivity contribution in [1.29, 1.82) is 0 Å². The highest BCUT2D eigenvalue weighted by Gasteiger charge is 2.37. The number of carbonyl (C=O) groups excluding carboxylic acids is 3. The van der Waals surface area contributed by atoms with E-state index in [1.165, 1.54) is 35.8 Å². The van der Waals surface area contributed by atoms with Gasteiger partial charge in [0.1, 0.15) is 23.9 Å². The number of allylic oxidation sites excluding steroid dienone is 2. The number of halogens is 1. The second kappa shape index (κ2) is 11.8. The Morgan fingerprint density at radius 2 is 1.74 bits per heavy atom. The molecule has 3 aromatic rings. The molecule has 2 heterocycles. The highest BCUT2D eigenvalue weighted by atomic mass is 19.1. The SMILES string of the molecule is CCOC(=O)/C=C(/OCC)C1C/C(=C/C(=O)OCc2ccccc2)Oc2c1c1c(F)cccc1n2C(C)=O. The van der Waals surface area contributed by atoms with Crippen LogP contribution in [-0.4, -0.2) is 35.6 Å². The predicted octanol–water partition coefficient (Wildman–Crippen LogP) is 5.42. The fourth-order valence-corrected chi connectivity index (χ4v) is 4.45. The molecule has 0 N–H and O–H groups in total. The summed E-state index contributed by atoms with van der Waals surface area (Å²) in [6.45, 7) is 5.18. The molecule has 0 fully saturated rings. The van der Waals surface area contributed by atoms with Crippen LogP contribution in [0.2, 0.25) is 0 Å². The van der Waals surface area contributed by atoms with Gasteiger partial charge in [-0.1, -0.05) is 36.4 Å². The van der Waals surface area contributed by atoms with Crippen LogP contribution in [0, 0.1) is 5.82 Å². The van der Waals surface area contributed by atoms with E-state index in [0.717, 1.165) is 5.56 Å². The van der Waals surface area contributed by atoms with Gasteiger partial charge in [0.05, 0.1) is 36.8 Å². The summed E-state index contributed by atoms with van der Waals surface area (Å²) in [6.07, 6.45) is 2.44. The summed E-state index contributed by atoms with van der Waals surface area (Å²) >= 11 is 0. The number of benzene rings is 2. The molecule has 0 saturated heterocycles. The molecule has 0 saturated carbocycles. The maximum absolute atomic E-state index is 15.2. The molecule has 2 aromatic carbocycles. The molecular formula is C29H28FNO7. The maximum Gasteiger partial charge on any atom is 0.334 e. The molecule has 0 spiro atoms. The number of nitrogens with zero attached hydrogens (tertiary/aromatic N) is 1. The number of hydrogen-bond donors (Lipinski definition) is 0. The van der Waals surface area contributed by atoms with Crippen molar-refractivity contribution in [2.45, 2.75) is 39.7 Å². The molecule has 0 radical (unpaired) electrons. The smallest absolute Gasteiger partial charge is 0.334 e. The molecule has 38 heavy (non-hydrogen) atoms. The molecule has 1 atom stereocenters. The van der Waals surface area contributed by atoms with E-state index >= 15 is 4.39 Å². The molecule has 1 aliphatic rings. The van der Waals surface area contributed by atoms with Gasteiger partial charge < -0.3 is 18.9 Å². The van der Waals surface area contributed by atoms with Crippen molar-refractivity contribution >= 4 is 28.7 Å². The molecule has 4 rings (SSSR count). The van der Waals surface area contributed by atoms with Gasteiger partial charge in [0, 0.05) is 24.3 Å². The third-order valence-electron chi connectivity index (χ3n) is 5.94. The van der Waals surface area contributed by atoms with Gasteiger partial charge in [-0.3, -0.25) is 4.79 Å². The molecule has 0 amide bonds.